The number of rotatable bonds is 2. The monoisotopic (exact) mass is 267 g/mol. The van der Waals surface area contributed by atoms with E-state index >= 15 is 0 Å². The fraction of sp³-hybridized carbons (Fsp3) is 0.368. The van der Waals surface area contributed by atoms with E-state index in [1.807, 2.05) is 0 Å². The van der Waals surface area contributed by atoms with E-state index in [1.54, 1.807) is 0 Å². The van der Waals surface area contributed by atoms with Gasteiger partial charge in [-0.3, -0.25) is 0 Å². The van der Waals surface area contributed by atoms with E-state index < -0.39 is 0 Å². The van der Waals surface area contributed by atoms with Crippen LogP contribution in [0.3, 0.4) is 0 Å². The van der Waals surface area contributed by atoms with Crippen LogP contribution in [0.2, 0.25) is 0 Å². The Kier molecular flexibility index (Phi) is 4.01. The highest BCUT2D eigenvalue weighted by Gasteiger charge is 2.22. The molecule has 0 aliphatic heterocycles. The van der Waals surface area contributed by atoms with E-state index in [1.165, 1.54) is 27.8 Å². The maximum absolute atomic E-state index is 6.56. The van der Waals surface area contributed by atoms with Gasteiger partial charge in [-0.25, -0.2) is 0 Å². The second kappa shape index (κ2) is 5.41. The van der Waals surface area contributed by atoms with Gasteiger partial charge in [0.15, 0.2) is 0 Å². The van der Waals surface area contributed by atoms with Crippen LogP contribution < -0.4 is 5.73 Å². The molecule has 0 bridgehead atoms. The van der Waals surface area contributed by atoms with E-state index in [0.29, 0.717) is 0 Å². The van der Waals surface area contributed by atoms with Gasteiger partial charge in [0.1, 0.15) is 0 Å². The molecule has 20 heavy (non-hydrogen) atoms. The van der Waals surface area contributed by atoms with Crippen molar-refractivity contribution in [2.75, 3.05) is 0 Å². The van der Waals surface area contributed by atoms with Gasteiger partial charge in [-0.15, -0.1) is 0 Å². The molecule has 0 saturated carbocycles. The highest BCUT2D eigenvalue weighted by molar-refractivity contribution is 5.43. The van der Waals surface area contributed by atoms with Gasteiger partial charge in [-0.05, 0) is 41.5 Å². The Morgan fingerprint density at radius 3 is 2.15 bits per heavy atom. The Hall–Kier alpha value is -1.60. The van der Waals surface area contributed by atoms with Gasteiger partial charge in [-0.1, -0.05) is 68.8 Å². The summed E-state index contributed by atoms with van der Waals surface area (Å²) in [5.41, 5.74) is 13.0. The maximum atomic E-state index is 6.56. The standard InChI is InChI=1S/C19H25N/c1-13-10-11-15(14(2)12-13)18(20)16-8-6-7-9-17(16)19(3,4)5/h6-12,18H,20H2,1-5H3. The van der Waals surface area contributed by atoms with Crippen molar-refractivity contribution >= 4 is 0 Å². The van der Waals surface area contributed by atoms with Crippen LogP contribution in [0.15, 0.2) is 42.5 Å². The van der Waals surface area contributed by atoms with E-state index in [9.17, 15) is 0 Å². The van der Waals surface area contributed by atoms with Crippen LogP contribution in [-0.2, 0) is 5.41 Å². The summed E-state index contributed by atoms with van der Waals surface area (Å²) in [4.78, 5) is 0. The molecule has 2 N–H and O–H groups in total. The first-order valence-electron chi connectivity index (χ1n) is 7.23. The minimum absolute atomic E-state index is 0.0639. The molecule has 1 unspecified atom stereocenters. The van der Waals surface area contributed by atoms with Crippen LogP contribution >= 0.6 is 0 Å². The average Bonchev–Trinajstić information content (AvgIpc) is 2.37. The summed E-state index contributed by atoms with van der Waals surface area (Å²) in [6.45, 7) is 11.0. The topological polar surface area (TPSA) is 26.0 Å². The molecule has 2 aromatic rings. The van der Waals surface area contributed by atoms with Gasteiger partial charge in [0, 0.05) is 0 Å². The zero-order valence-electron chi connectivity index (χ0n) is 13.2. The lowest BCUT2D eigenvalue weighted by Gasteiger charge is -2.26. The summed E-state index contributed by atoms with van der Waals surface area (Å²) in [6.07, 6.45) is 0. The first-order valence-corrected chi connectivity index (χ1v) is 7.23. The highest BCUT2D eigenvalue weighted by Crippen LogP contribution is 2.32. The first kappa shape index (κ1) is 14.8. The predicted octanol–water partition coefficient (Wildman–Crippen LogP) is 4.65. The molecule has 0 amide bonds. The van der Waals surface area contributed by atoms with Crippen molar-refractivity contribution in [3.05, 3.63) is 70.3 Å². The minimum Gasteiger partial charge on any atom is -0.320 e. The predicted molar refractivity (Wildman–Crippen MR) is 87.1 cm³/mol. The summed E-state index contributed by atoms with van der Waals surface area (Å²) < 4.78 is 0. The normalized spacial score (nSPS) is 13.3. The summed E-state index contributed by atoms with van der Waals surface area (Å²) in [6, 6.07) is 15.0. The quantitative estimate of drug-likeness (QED) is 0.842. The van der Waals surface area contributed by atoms with Crippen LogP contribution in [0.1, 0.15) is 54.6 Å². The van der Waals surface area contributed by atoms with Crippen LogP contribution in [0.5, 0.6) is 0 Å². The molecule has 1 atom stereocenters. The van der Waals surface area contributed by atoms with E-state index in [4.69, 9.17) is 5.73 Å². The molecule has 0 heterocycles. The Bertz CT molecular complexity index is 605. The molecule has 0 spiro atoms. The van der Waals surface area contributed by atoms with Gasteiger partial charge in [0.2, 0.25) is 0 Å². The van der Waals surface area contributed by atoms with Crippen molar-refractivity contribution < 1.29 is 0 Å². The summed E-state index contributed by atoms with van der Waals surface area (Å²) in [7, 11) is 0. The minimum atomic E-state index is -0.0639. The smallest absolute Gasteiger partial charge is 0.0557 e. The zero-order chi connectivity index (χ0) is 14.9. The van der Waals surface area contributed by atoms with Crippen molar-refractivity contribution in [1.82, 2.24) is 0 Å². The molecule has 0 fully saturated rings. The van der Waals surface area contributed by atoms with Crippen molar-refractivity contribution in [2.45, 2.75) is 46.1 Å². The lowest BCUT2D eigenvalue weighted by atomic mass is 9.80. The van der Waals surface area contributed by atoms with Crippen LogP contribution in [0.25, 0.3) is 0 Å². The second-order valence-electron chi connectivity index (χ2n) is 6.67. The molecule has 1 nitrogen and oxygen atoms in total. The molecule has 0 aromatic heterocycles. The molecule has 2 aromatic carbocycles. The van der Waals surface area contributed by atoms with Gasteiger partial charge in [0.05, 0.1) is 6.04 Å². The molecule has 106 valence electrons. The Morgan fingerprint density at radius 1 is 0.900 bits per heavy atom. The van der Waals surface area contributed by atoms with Crippen molar-refractivity contribution in [2.24, 2.45) is 5.73 Å². The first-order chi connectivity index (χ1) is 9.30. The maximum Gasteiger partial charge on any atom is 0.0557 e. The van der Waals surface area contributed by atoms with E-state index in [-0.39, 0.29) is 11.5 Å². The molecule has 2 rings (SSSR count). The SMILES string of the molecule is Cc1ccc(C(N)c2ccccc2C(C)(C)C)c(C)c1. The Labute approximate surface area is 122 Å². The average molecular weight is 267 g/mol. The third-order valence-electron chi connectivity index (χ3n) is 3.86. The molecule has 0 aliphatic carbocycles. The lowest BCUT2D eigenvalue weighted by Crippen LogP contribution is -2.21. The number of hydrogen-bond donors (Lipinski definition) is 1. The largest absolute Gasteiger partial charge is 0.320 e. The number of aryl methyl sites for hydroxylation is 2. The van der Waals surface area contributed by atoms with E-state index in [2.05, 4.69) is 77.1 Å². The number of benzene rings is 2. The molecule has 0 saturated heterocycles. The summed E-state index contributed by atoms with van der Waals surface area (Å²) in [5, 5.41) is 0. The lowest BCUT2D eigenvalue weighted by molar-refractivity contribution is 0.577. The van der Waals surface area contributed by atoms with Gasteiger partial charge in [-0.2, -0.15) is 0 Å². The number of nitrogens with two attached hydrogens (primary N) is 1. The van der Waals surface area contributed by atoms with Gasteiger partial charge >= 0.3 is 0 Å². The number of hydrogen-bond acceptors (Lipinski definition) is 1. The van der Waals surface area contributed by atoms with Crippen LogP contribution in [0.4, 0.5) is 0 Å². The third-order valence-corrected chi connectivity index (χ3v) is 3.86. The zero-order valence-corrected chi connectivity index (χ0v) is 13.2. The fourth-order valence-corrected chi connectivity index (χ4v) is 2.79. The second-order valence-corrected chi connectivity index (χ2v) is 6.67. The molecule has 0 radical (unpaired) electrons. The van der Waals surface area contributed by atoms with Crippen molar-refractivity contribution in [3.8, 4) is 0 Å². The molecule has 1 heteroatoms. The van der Waals surface area contributed by atoms with Crippen molar-refractivity contribution in [3.63, 3.8) is 0 Å². The van der Waals surface area contributed by atoms with Gasteiger partial charge in [0.25, 0.3) is 0 Å². The summed E-state index contributed by atoms with van der Waals surface area (Å²) >= 11 is 0. The Balaban J connectivity index is 2.51. The van der Waals surface area contributed by atoms with Crippen molar-refractivity contribution in [1.29, 1.82) is 0 Å². The third kappa shape index (κ3) is 2.94. The summed E-state index contributed by atoms with van der Waals surface area (Å²) in [5.74, 6) is 0. The highest BCUT2D eigenvalue weighted by atomic mass is 14.6. The Morgan fingerprint density at radius 2 is 1.55 bits per heavy atom. The van der Waals surface area contributed by atoms with Gasteiger partial charge < -0.3 is 5.73 Å². The molecular weight excluding hydrogens is 242 g/mol. The molecule has 0 aliphatic rings. The van der Waals surface area contributed by atoms with Crippen LogP contribution in [-0.4, -0.2) is 0 Å². The fourth-order valence-electron chi connectivity index (χ4n) is 2.79. The van der Waals surface area contributed by atoms with E-state index in [0.717, 1.165) is 0 Å². The van der Waals surface area contributed by atoms with Crippen LogP contribution in [0, 0.1) is 13.8 Å². The molecular formula is C19H25N.